The fourth-order valence-corrected chi connectivity index (χ4v) is 2.43. The summed E-state index contributed by atoms with van der Waals surface area (Å²) >= 11 is 5.79. The fourth-order valence-electron chi connectivity index (χ4n) is 2.30. The second-order valence-corrected chi connectivity index (χ2v) is 5.70. The Balaban J connectivity index is 1.75. The number of hydrogen-bond acceptors (Lipinski definition) is 3. The van der Waals surface area contributed by atoms with E-state index in [1.54, 1.807) is 36.4 Å². The van der Waals surface area contributed by atoms with Crippen LogP contribution in [0.5, 0.6) is 5.75 Å². The number of carbonyl (C=O) groups is 1. The van der Waals surface area contributed by atoms with Crippen molar-refractivity contribution in [1.29, 1.82) is 0 Å². The number of hydrogen-bond donors (Lipinski definition) is 1. The zero-order valence-electron chi connectivity index (χ0n) is 12.8. The van der Waals surface area contributed by atoms with E-state index in [0.29, 0.717) is 27.4 Å². The molecule has 0 aliphatic carbocycles. The predicted molar refractivity (Wildman–Crippen MR) is 92.0 cm³/mol. The Bertz CT molecular complexity index is 897. The minimum Gasteiger partial charge on any atom is -0.484 e. The van der Waals surface area contributed by atoms with Crippen LogP contribution in [0.25, 0.3) is 10.9 Å². The lowest BCUT2D eigenvalue weighted by molar-refractivity contribution is -0.118. The number of halogens is 2. The number of aromatic nitrogens is 1. The van der Waals surface area contributed by atoms with Gasteiger partial charge < -0.3 is 10.1 Å². The highest BCUT2D eigenvalue weighted by Crippen LogP contribution is 2.24. The van der Waals surface area contributed by atoms with E-state index in [0.717, 1.165) is 5.69 Å². The molecule has 0 saturated heterocycles. The van der Waals surface area contributed by atoms with Gasteiger partial charge in [0.1, 0.15) is 11.6 Å². The summed E-state index contributed by atoms with van der Waals surface area (Å²) in [4.78, 5) is 16.4. The van der Waals surface area contributed by atoms with Crippen LogP contribution in [0.2, 0.25) is 5.02 Å². The number of carbonyl (C=O) groups excluding carboxylic acids is 1. The third kappa shape index (κ3) is 3.81. The van der Waals surface area contributed by atoms with Crippen molar-refractivity contribution in [2.45, 2.75) is 6.92 Å². The van der Waals surface area contributed by atoms with E-state index in [1.165, 1.54) is 12.1 Å². The first-order chi connectivity index (χ1) is 11.5. The monoisotopic (exact) mass is 344 g/mol. The van der Waals surface area contributed by atoms with Gasteiger partial charge in [0, 0.05) is 16.1 Å². The Kier molecular flexibility index (Phi) is 4.62. The van der Waals surface area contributed by atoms with Gasteiger partial charge in [0.2, 0.25) is 0 Å². The first-order valence-corrected chi connectivity index (χ1v) is 7.64. The lowest BCUT2D eigenvalue weighted by Gasteiger charge is -2.11. The maximum absolute atomic E-state index is 13.5. The molecule has 0 unspecified atom stereocenters. The smallest absolute Gasteiger partial charge is 0.262 e. The van der Waals surface area contributed by atoms with Crippen molar-refractivity contribution in [3.05, 3.63) is 65.1 Å². The molecule has 6 heteroatoms. The molecule has 1 N–H and O–H groups in total. The van der Waals surface area contributed by atoms with Crippen LogP contribution in [-0.2, 0) is 4.79 Å². The second-order valence-electron chi connectivity index (χ2n) is 5.26. The zero-order chi connectivity index (χ0) is 17.1. The third-order valence-electron chi connectivity index (χ3n) is 3.36. The standard InChI is InChI=1S/C18H14ClFN2O2/c1-11-8-17(15-9-13(20)4-7-16(15)21-11)22-18(23)10-24-14-5-2-12(19)3-6-14/h2-9H,10H2,1H3,(H,21,22,23). The summed E-state index contributed by atoms with van der Waals surface area (Å²) in [5.41, 5.74) is 1.84. The minimum atomic E-state index is -0.388. The van der Waals surface area contributed by atoms with E-state index in [4.69, 9.17) is 16.3 Å². The van der Waals surface area contributed by atoms with Gasteiger partial charge >= 0.3 is 0 Å². The summed E-state index contributed by atoms with van der Waals surface area (Å²) in [7, 11) is 0. The SMILES string of the molecule is Cc1cc(NC(=O)COc2ccc(Cl)cc2)c2cc(F)ccc2n1. The van der Waals surface area contributed by atoms with E-state index < -0.39 is 0 Å². The van der Waals surface area contributed by atoms with Crippen LogP contribution in [0.4, 0.5) is 10.1 Å². The molecule has 2 aromatic carbocycles. The molecule has 0 saturated carbocycles. The molecule has 1 heterocycles. The van der Waals surface area contributed by atoms with Gasteiger partial charge in [0.05, 0.1) is 11.2 Å². The molecule has 24 heavy (non-hydrogen) atoms. The molecule has 0 atom stereocenters. The quantitative estimate of drug-likeness (QED) is 0.765. The van der Waals surface area contributed by atoms with Gasteiger partial charge in [-0.05, 0) is 55.5 Å². The molecule has 1 amide bonds. The van der Waals surface area contributed by atoms with Crippen LogP contribution in [0.15, 0.2) is 48.5 Å². The largest absolute Gasteiger partial charge is 0.484 e. The summed E-state index contributed by atoms with van der Waals surface area (Å²) in [6.07, 6.45) is 0. The maximum Gasteiger partial charge on any atom is 0.262 e. The average molecular weight is 345 g/mol. The normalized spacial score (nSPS) is 10.6. The van der Waals surface area contributed by atoms with E-state index >= 15 is 0 Å². The Morgan fingerprint density at radius 2 is 1.96 bits per heavy atom. The molecule has 0 fully saturated rings. The molecule has 0 bridgehead atoms. The van der Waals surface area contributed by atoms with Gasteiger partial charge in [0.15, 0.2) is 6.61 Å². The molecule has 4 nitrogen and oxygen atoms in total. The number of pyridine rings is 1. The third-order valence-corrected chi connectivity index (χ3v) is 3.61. The lowest BCUT2D eigenvalue weighted by atomic mass is 10.1. The van der Waals surface area contributed by atoms with E-state index in [1.807, 2.05) is 6.92 Å². The highest BCUT2D eigenvalue weighted by Gasteiger charge is 2.10. The number of ether oxygens (including phenoxy) is 1. The fraction of sp³-hybridized carbons (Fsp3) is 0.111. The number of rotatable bonds is 4. The Morgan fingerprint density at radius 3 is 2.71 bits per heavy atom. The van der Waals surface area contributed by atoms with Crippen molar-refractivity contribution in [2.24, 2.45) is 0 Å². The Labute approximate surface area is 143 Å². The topological polar surface area (TPSA) is 51.2 Å². The molecule has 122 valence electrons. The number of anilines is 1. The molecule has 3 aromatic rings. The summed E-state index contributed by atoms with van der Waals surface area (Å²) < 4.78 is 18.9. The minimum absolute atomic E-state index is 0.167. The number of fused-ring (bicyclic) bond motifs is 1. The molecule has 0 aliphatic rings. The maximum atomic E-state index is 13.5. The van der Waals surface area contributed by atoms with E-state index in [2.05, 4.69) is 10.3 Å². The van der Waals surface area contributed by atoms with Gasteiger partial charge in [0.25, 0.3) is 5.91 Å². The highest BCUT2D eigenvalue weighted by molar-refractivity contribution is 6.30. The van der Waals surface area contributed by atoms with Crippen molar-refractivity contribution in [1.82, 2.24) is 4.98 Å². The highest BCUT2D eigenvalue weighted by atomic mass is 35.5. The van der Waals surface area contributed by atoms with Crippen molar-refractivity contribution >= 4 is 34.1 Å². The van der Waals surface area contributed by atoms with Crippen molar-refractivity contribution < 1.29 is 13.9 Å². The van der Waals surface area contributed by atoms with Gasteiger partial charge in [-0.2, -0.15) is 0 Å². The van der Waals surface area contributed by atoms with Crippen molar-refractivity contribution in [3.63, 3.8) is 0 Å². The van der Waals surface area contributed by atoms with Gasteiger partial charge in [-0.25, -0.2) is 4.39 Å². The molecule has 0 radical (unpaired) electrons. The summed E-state index contributed by atoms with van der Waals surface area (Å²) in [5.74, 6) is -0.196. The van der Waals surface area contributed by atoms with Crippen LogP contribution in [0.3, 0.4) is 0 Å². The predicted octanol–water partition coefficient (Wildman–Crippen LogP) is 4.35. The van der Waals surface area contributed by atoms with Crippen LogP contribution < -0.4 is 10.1 Å². The number of nitrogens with zero attached hydrogens (tertiary/aromatic N) is 1. The lowest BCUT2D eigenvalue weighted by Crippen LogP contribution is -2.20. The van der Waals surface area contributed by atoms with E-state index in [9.17, 15) is 9.18 Å². The van der Waals surface area contributed by atoms with Crippen LogP contribution in [0.1, 0.15) is 5.69 Å². The van der Waals surface area contributed by atoms with Gasteiger partial charge in [-0.15, -0.1) is 0 Å². The number of nitrogens with one attached hydrogen (secondary N) is 1. The number of benzene rings is 2. The van der Waals surface area contributed by atoms with Gasteiger partial charge in [-0.3, -0.25) is 9.78 Å². The summed E-state index contributed by atoms with van der Waals surface area (Å²) in [5, 5.41) is 3.87. The van der Waals surface area contributed by atoms with Crippen LogP contribution >= 0.6 is 11.6 Å². The average Bonchev–Trinajstić information content (AvgIpc) is 2.55. The van der Waals surface area contributed by atoms with Crippen LogP contribution in [0, 0.1) is 12.7 Å². The van der Waals surface area contributed by atoms with E-state index in [-0.39, 0.29) is 18.3 Å². The molecule has 1 aromatic heterocycles. The molecule has 0 aliphatic heterocycles. The Hall–Kier alpha value is -2.66. The summed E-state index contributed by atoms with van der Waals surface area (Å²) in [6.45, 7) is 1.64. The molecule has 3 rings (SSSR count). The van der Waals surface area contributed by atoms with Crippen molar-refractivity contribution in [2.75, 3.05) is 11.9 Å². The molecular formula is C18H14ClFN2O2. The summed E-state index contributed by atoms with van der Waals surface area (Å²) in [6, 6.07) is 12.7. The van der Waals surface area contributed by atoms with Crippen LogP contribution in [-0.4, -0.2) is 17.5 Å². The number of amides is 1. The first kappa shape index (κ1) is 16.2. The van der Waals surface area contributed by atoms with Gasteiger partial charge in [-0.1, -0.05) is 11.6 Å². The zero-order valence-corrected chi connectivity index (χ0v) is 13.6. The Morgan fingerprint density at radius 1 is 1.21 bits per heavy atom. The number of aryl methyl sites for hydroxylation is 1. The molecular weight excluding hydrogens is 331 g/mol. The molecule has 0 spiro atoms. The first-order valence-electron chi connectivity index (χ1n) is 7.26. The second kappa shape index (κ2) is 6.84. The van der Waals surface area contributed by atoms with Crippen molar-refractivity contribution in [3.8, 4) is 5.75 Å².